The van der Waals surface area contributed by atoms with Gasteiger partial charge in [-0.1, -0.05) is 12.1 Å². The van der Waals surface area contributed by atoms with Gasteiger partial charge in [0.2, 0.25) is 0 Å². The molecule has 0 aliphatic rings. The van der Waals surface area contributed by atoms with Gasteiger partial charge in [-0.3, -0.25) is 9.78 Å². The molecule has 6 nitrogen and oxygen atoms in total. The number of benzene rings is 1. The van der Waals surface area contributed by atoms with E-state index in [9.17, 15) is 4.79 Å². The fraction of sp³-hybridized carbons (Fsp3) is 0.0526. The topological polar surface area (TPSA) is 72.2 Å². The number of nitrogens with zero attached hydrogens (tertiary/aromatic N) is 4. The molecule has 1 amide bonds. The molecule has 6 heteroatoms. The van der Waals surface area contributed by atoms with E-state index in [0.717, 1.165) is 12.1 Å². The second kappa shape index (κ2) is 6.52. The monoisotopic (exact) mass is 329 g/mol. The molecule has 0 aliphatic carbocycles. The van der Waals surface area contributed by atoms with Crippen LogP contribution in [-0.2, 0) is 6.42 Å². The number of anilines is 1. The summed E-state index contributed by atoms with van der Waals surface area (Å²) in [4.78, 5) is 16.5. The van der Waals surface area contributed by atoms with Crippen LogP contribution in [-0.4, -0.2) is 25.7 Å². The highest BCUT2D eigenvalue weighted by atomic mass is 16.1. The van der Waals surface area contributed by atoms with E-state index in [-0.39, 0.29) is 5.91 Å². The summed E-state index contributed by atoms with van der Waals surface area (Å²) in [6.07, 6.45) is 7.55. The van der Waals surface area contributed by atoms with Gasteiger partial charge in [0.05, 0.1) is 11.8 Å². The molecule has 4 aromatic rings. The summed E-state index contributed by atoms with van der Waals surface area (Å²) in [5.74, 6) is -0.204. The fourth-order valence-corrected chi connectivity index (χ4v) is 2.65. The molecule has 0 radical (unpaired) electrons. The van der Waals surface area contributed by atoms with Crippen molar-refractivity contribution in [3.05, 3.63) is 90.0 Å². The van der Waals surface area contributed by atoms with Gasteiger partial charge < -0.3 is 5.32 Å². The Balaban J connectivity index is 1.48. The third-order valence-corrected chi connectivity index (χ3v) is 3.92. The zero-order chi connectivity index (χ0) is 17.1. The molecule has 0 aliphatic heterocycles. The smallest absolute Gasteiger partial charge is 0.259 e. The molecule has 0 atom stereocenters. The number of nitrogens with one attached hydrogen (secondary N) is 1. The van der Waals surface area contributed by atoms with Crippen LogP contribution in [0.15, 0.2) is 73.3 Å². The SMILES string of the molecule is O=C(Nc1ccc(Cc2ccncc2)cc1)c1cnn2ncccc12. The highest BCUT2D eigenvalue weighted by Gasteiger charge is 2.13. The van der Waals surface area contributed by atoms with E-state index in [4.69, 9.17) is 0 Å². The van der Waals surface area contributed by atoms with Crippen LogP contribution in [0.4, 0.5) is 5.69 Å². The Kier molecular flexibility index (Phi) is 3.92. The number of rotatable bonds is 4. The Morgan fingerprint density at radius 1 is 0.920 bits per heavy atom. The Morgan fingerprint density at radius 2 is 1.68 bits per heavy atom. The summed E-state index contributed by atoms with van der Waals surface area (Å²) in [6, 6.07) is 15.4. The molecule has 4 rings (SSSR count). The second-order valence-corrected chi connectivity index (χ2v) is 5.64. The molecule has 1 aromatic carbocycles. The fourth-order valence-electron chi connectivity index (χ4n) is 2.65. The zero-order valence-corrected chi connectivity index (χ0v) is 13.3. The minimum atomic E-state index is -0.204. The van der Waals surface area contributed by atoms with Crippen molar-refractivity contribution in [1.29, 1.82) is 0 Å². The lowest BCUT2D eigenvalue weighted by Gasteiger charge is -2.06. The maximum absolute atomic E-state index is 12.5. The number of carbonyl (C=O) groups excluding carboxylic acids is 1. The van der Waals surface area contributed by atoms with E-state index < -0.39 is 0 Å². The number of hydrogen-bond acceptors (Lipinski definition) is 4. The van der Waals surface area contributed by atoms with Crippen molar-refractivity contribution in [3.63, 3.8) is 0 Å². The zero-order valence-electron chi connectivity index (χ0n) is 13.3. The van der Waals surface area contributed by atoms with Gasteiger partial charge in [0.25, 0.3) is 5.91 Å². The average Bonchev–Trinajstić information content (AvgIpc) is 3.08. The first-order valence-electron chi connectivity index (χ1n) is 7.88. The van der Waals surface area contributed by atoms with Gasteiger partial charge in [-0.15, -0.1) is 0 Å². The van der Waals surface area contributed by atoms with Crippen molar-refractivity contribution in [3.8, 4) is 0 Å². The van der Waals surface area contributed by atoms with Gasteiger partial charge in [-0.05, 0) is 53.9 Å². The van der Waals surface area contributed by atoms with Crippen molar-refractivity contribution < 1.29 is 4.79 Å². The number of carbonyl (C=O) groups is 1. The molecular weight excluding hydrogens is 314 g/mol. The molecule has 122 valence electrons. The van der Waals surface area contributed by atoms with Gasteiger partial charge in [0.15, 0.2) is 0 Å². The summed E-state index contributed by atoms with van der Waals surface area (Å²) < 4.78 is 1.44. The standard InChI is InChI=1S/C19H15N5O/c25-19(17-13-22-24-18(17)2-1-9-21-24)23-16-5-3-14(4-6-16)12-15-7-10-20-11-8-15/h1-11,13H,12H2,(H,23,25). The van der Waals surface area contributed by atoms with Crippen LogP contribution in [0, 0.1) is 0 Å². The first kappa shape index (κ1) is 15.0. The third-order valence-electron chi connectivity index (χ3n) is 3.92. The van der Waals surface area contributed by atoms with Crippen molar-refractivity contribution in [2.24, 2.45) is 0 Å². The quantitative estimate of drug-likeness (QED) is 0.625. The van der Waals surface area contributed by atoms with E-state index in [0.29, 0.717) is 11.1 Å². The van der Waals surface area contributed by atoms with Crippen LogP contribution in [0.2, 0.25) is 0 Å². The number of fused-ring (bicyclic) bond motifs is 1. The molecule has 0 saturated heterocycles. The molecular formula is C19H15N5O. The Labute approximate surface area is 144 Å². The largest absolute Gasteiger partial charge is 0.322 e. The molecule has 0 spiro atoms. The summed E-state index contributed by atoms with van der Waals surface area (Å²) in [7, 11) is 0. The van der Waals surface area contributed by atoms with E-state index in [1.54, 1.807) is 24.7 Å². The molecule has 3 aromatic heterocycles. The minimum Gasteiger partial charge on any atom is -0.322 e. The normalized spacial score (nSPS) is 10.7. The highest BCUT2D eigenvalue weighted by molar-refractivity contribution is 6.08. The van der Waals surface area contributed by atoms with Crippen molar-refractivity contribution >= 4 is 17.1 Å². The van der Waals surface area contributed by atoms with E-state index >= 15 is 0 Å². The maximum atomic E-state index is 12.5. The van der Waals surface area contributed by atoms with Gasteiger partial charge in [0.1, 0.15) is 5.52 Å². The maximum Gasteiger partial charge on any atom is 0.259 e. The first-order chi connectivity index (χ1) is 12.3. The van der Waals surface area contributed by atoms with Crippen molar-refractivity contribution in [2.45, 2.75) is 6.42 Å². The van der Waals surface area contributed by atoms with Gasteiger partial charge in [-0.2, -0.15) is 14.8 Å². The Bertz CT molecular complexity index is 1010. The predicted octanol–water partition coefficient (Wildman–Crippen LogP) is 2.97. The average molecular weight is 329 g/mol. The van der Waals surface area contributed by atoms with E-state index in [2.05, 4.69) is 20.5 Å². The number of aromatic nitrogens is 4. The predicted molar refractivity (Wildman–Crippen MR) is 94.4 cm³/mol. The van der Waals surface area contributed by atoms with E-state index in [1.807, 2.05) is 42.5 Å². The molecule has 0 unspecified atom stereocenters. The van der Waals surface area contributed by atoms with Crippen LogP contribution in [0.3, 0.4) is 0 Å². The highest BCUT2D eigenvalue weighted by Crippen LogP contribution is 2.16. The molecule has 0 saturated carbocycles. The van der Waals surface area contributed by atoms with Crippen LogP contribution in [0.1, 0.15) is 21.5 Å². The second-order valence-electron chi connectivity index (χ2n) is 5.64. The molecule has 3 heterocycles. The lowest BCUT2D eigenvalue weighted by molar-refractivity contribution is 0.102. The molecule has 0 bridgehead atoms. The summed E-state index contributed by atoms with van der Waals surface area (Å²) >= 11 is 0. The summed E-state index contributed by atoms with van der Waals surface area (Å²) in [6.45, 7) is 0. The minimum absolute atomic E-state index is 0.204. The third kappa shape index (κ3) is 3.23. The van der Waals surface area contributed by atoms with Gasteiger partial charge in [-0.25, -0.2) is 0 Å². The van der Waals surface area contributed by atoms with Crippen LogP contribution in [0.5, 0.6) is 0 Å². The Hall–Kier alpha value is -3.54. The molecule has 0 fully saturated rings. The van der Waals surface area contributed by atoms with E-state index in [1.165, 1.54) is 22.0 Å². The number of hydrogen-bond donors (Lipinski definition) is 1. The lowest BCUT2D eigenvalue weighted by atomic mass is 10.1. The van der Waals surface area contributed by atoms with Gasteiger partial charge >= 0.3 is 0 Å². The first-order valence-corrected chi connectivity index (χ1v) is 7.88. The van der Waals surface area contributed by atoms with Crippen molar-refractivity contribution in [2.75, 3.05) is 5.32 Å². The summed E-state index contributed by atoms with van der Waals surface area (Å²) in [5.41, 5.74) is 4.28. The van der Waals surface area contributed by atoms with Crippen molar-refractivity contribution in [1.82, 2.24) is 19.8 Å². The summed E-state index contributed by atoms with van der Waals surface area (Å²) in [5, 5.41) is 11.0. The molecule has 25 heavy (non-hydrogen) atoms. The van der Waals surface area contributed by atoms with Crippen LogP contribution >= 0.6 is 0 Å². The van der Waals surface area contributed by atoms with Gasteiger partial charge in [0, 0.05) is 24.3 Å². The molecule has 1 N–H and O–H groups in total. The number of amides is 1. The Morgan fingerprint density at radius 3 is 2.48 bits per heavy atom. The lowest BCUT2D eigenvalue weighted by Crippen LogP contribution is -2.11. The van der Waals surface area contributed by atoms with Crippen LogP contribution < -0.4 is 5.32 Å². The van der Waals surface area contributed by atoms with Crippen LogP contribution in [0.25, 0.3) is 5.52 Å². The number of pyridine rings is 1.